The van der Waals surface area contributed by atoms with Crippen molar-refractivity contribution in [2.45, 2.75) is 50.2 Å². The Kier molecular flexibility index (Phi) is 8.32. The Balaban J connectivity index is 2.30. The first kappa shape index (κ1) is 26.4. The number of aromatic nitrogens is 1. The lowest BCUT2D eigenvalue weighted by Gasteiger charge is -2.33. The van der Waals surface area contributed by atoms with Crippen molar-refractivity contribution in [3.8, 4) is 0 Å². The van der Waals surface area contributed by atoms with Crippen molar-refractivity contribution in [2.75, 3.05) is 10.9 Å². The number of hydrogen-bond donors (Lipinski definition) is 4. The molecule has 0 aliphatic carbocycles. The number of amidine groups is 1. The van der Waals surface area contributed by atoms with Gasteiger partial charge in [-0.25, -0.2) is 4.98 Å². The number of carboxylic acids is 1. The maximum absolute atomic E-state index is 13.0. The first-order valence-electron chi connectivity index (χ1n) is 9.52. The van der Waals surface area contributed by atoms with Crippen LogP contribution in [-0.4, -0.2) is 52.1 Å². The molecule has 1 aromatic heterocycles. The number of thioether (sulfide) groups is 1. The van der Waals surface area contributed by atoms with E-state index in [0.717, 1.165) is 36.8 Å². The number of alkyl halides is 6. The van der Waals surface area contributed by atoms with Crippen LogP contribution in [0.4, 0.5) is 32.2 Å². The fourth-order valence-electron chi connectivity index (χ4n) is 2.21. The Morgan fingerprint density at radius 1 is 1.18 bits per heavy atom. The van der Waals surface area contributed by atoms with Gasteiger partial charge in [0.05, 0.1) is 10.9 Å². The molecule has 1 aromatic rings. The van der Waals surface area contributed by atoms with Gasteiger partial charge in [0.15, 0.2) is 5.82 Å². The van der Waals surface area contributed by atoms with Crippen molar-refractivity contribution >= 4 is 29.4 Å². The van der Waals surface area contributed by atoms with Gasteiger partial charge in [0, 0.05) is 11.8 Å². The smallest absolute Gasteiger partial charge is 0.410 e. The first-order valence-corrected chi connectivity index (χ1v) is 10.5. The highest BCUT2D eigenvalue weighted by molar-refractivity contribution is 7.99. The fraction of sp³-hybridized carbons (Fsp3) is 0.500. The molecule has 33 heavy (non-hydrogen) atoms. The predicted octanol–water partition coefficient (Wildman–Crippen LogP) is 3.45. The minimum Gasteiger partial charge on any atom is -0.481 e. The molecule has 1 aliphatic rings. The molecule has 4 N–H and O–H groups in total. The van der Waals surface area contributed by atoms with Crippen LogP contribution >= 0.6 is 11.8 Å². The largest absolute Gasteiger partial charge is 0.481 e. The van der Waals surface area contributed by atoms with Gasteiger partial charge < -0.3 is 10.4 Å². The molecule has 0 aromatic carbocycles. The Morgan fingerprint density at radius 3 is 2.42 bits per heavy atom. The lowest BCUT2D eigenvalue weighted by molar-refractivity contribution is -0.150. The van der Waals surface area contributed by atoms with Crippen molar-refractivity contribution in [3.63, 3.8) is 0 Å². The summed E-state index contributed by atoms with van der Waals surface area (Å²) < 4.78 is 77.7. The maximum atomic E-state index is 13.0. The number of rotatable bonds is 8. The van der Waals surface area contributed by atoms with Gasteiger partial charge in [0.2, 0.25) is 0 Å². The molecule has 0 saturated carbocycles. The Bertz CT molecular complexity index is 907. The van der Waals surface area contributed by atoms with Crippen molar-refractivity contribution in [1.82, 2.24) is 21.2 Å². The van der Waals surface area contributed by atoms with Crippen LogP contribution < -0.4 is 21.3 Å². The molecule has 0 bridgehead atoms. The summed E-state index contributed by atoms with van der Waals surface area (Å²) in [7, 11) is 0. The summed E-state index contributed by atoms with van der Waals surface area (Å²) in [4.78, 5) is 18.8. The molecule has 1 aliphatic heterocycles. The van der Waals surface area contributed by atoms with E-state index in [-0.39, 0.29) is 23.2 Å². The predicted molar refractivity (Wildman–Crippen MR) is 110 cm³/mol. The quantitative estimate of drug-likeness (QED) is 0.318. The zero-order chi connectivity index (χ0) is 25.0. The molecule has 2 heterocycles. The second-order valence-corrected chi connectivity index (χ2v) is 8.18. The number of anilines is 1. The minimum atomic E-state index is -4.65. The average Bonchev–Trinajstić information content (AvgIpc) is 2.70. The zero-order valence-corrected chi connectivity index (χ0v) is 18.4. The van der Waals surface area contributed by atoms with Gasteiger partial charge in [0.25, 0.3) is 0 Å². The standard InChI is InChI=1S/C18H22F6N6O2S/c1-9(16(31)32)8-33-15-6-4-5-14(27-15)30-28-12(25-10(2)17(19,20)21)7-13(29-30)26-11(3)18(22,23)24/h4-7,9-11,25,28H,8H2,1-3H3,(H,26,29)(H,31,32)/t9-,10-,11-/m1/s1. The van der Waals surface area contributed by atoms with Crippen LogP contribution in [0.2, 0.25) is 0 Å². The average molecular weight is 500 g/mol. The van der Waals surface area contributed by atoms with Crippen LogP contribution in [0.15, 0.2) is 40.1 Å². The molecule has 2 rings (SSSR count). The van der Waals surface area contributed by atoms with Crippen molar-refractivity contribution in [1.29, 1.82) is 0 Å². The third kappa shape index (κ3) is 7.91. The van der Waals surface area contributed by atoms with E-state index in [1.54, 1.807) is 12.1 Å². The SMILES string of the molecule is C[C@H](CSc1cccc(N2NC(N[C@H](C)C(F)(F)F)=CC(=N[C@H](C)C(F)(F)F)N2)n1)C(=O)O. The first-order chi connectivity index (χ1) is 15.2. The van der Waals surface area contributed by atoms with Gasteiger partial charge in [0.1, 0.15) is 23.7 Å². The van der Waals surface area contributed by atoms with Crippen LogP contribution in [0.1, 0.15) is 20.8 Å². The number of aliphatic carboxylic acids is 1. The van der Waals surface area contributed by atoms with Crippen molar-refractivity contribution < 1.29 is 36.2 Å². The molecule has 8 nitrogen and oxygen atoms in total. The van der Waals surface area contributed by atoms with E-state index in [1.807, 2.05) is 0 Å². The molecular weight excluding hydrogens is 478 g/mol. The Labute approximate surface area is 189 Å². The van der Waals surface area contributed by atoms with Crippen molar-refractivity contribution in [3.05, 3.63) is 30.1 Å². The molecule has 0 fully saturated rings. The molecule has 184 valence electrons. The maximum Gasteiger partial charge on any atom is 0.410 e. The van der Waals surface area contributed by atoms with Gasteiger partial charge in [-0.3, -0.25) is 20.6 Å². The molecule has 0 unspecified atom stereocenters. The second kappa shape index (κ2) is 10.4. The van der Waals surface area contributed by atoms with Crippen molar-refractivity contribution in [2.24, 2.45) is 10.9 Å². The highest BCUT2D eigenvalue weighted by Gasteiger charge is 2.38. The molecule has 15 heteroatoms. The summed E-state index contributed by atoms with van der Waals surface area (Å²) in [5, 5.41) is 12.6. The summed E-state index contributed by atoms with van der Waals surface area (Å²) in [5.41, 5.74) is 5.10. The van der Waals surface area contributed by atoms with E-state index in [4.69, 9.17) is 5.11 Å². The molecule has 0 saturated heterocycles. The third-order valence-corrected chi connectivity index (χ3v) is 5.44. The molecule has 3 atom stereocenters. The van der Waals surface area contributed by atoms with Gasteiger partial charge in [-0.1, -0.05) is 13.0 Å². The number of hydrazine groups is 2. The van der Waals surface area contributed by atoms with Gasteiger partial charge in [-0.05, 0) is 26.0 Å². The fourth-order valence-corrected chi connectivity index (χ4v) is 3.10. The van der Waals surface area contributed by atoms with E-state index in [1.165, 1.54) is 13.0 Å². The van der Waals surface area contributed by atoms with Crippen LogP contribution in [0.5, 0.6) is 0 Å². The number of aliphatic imine (C=N–C) groups is 1. The molecule has 0 amide bonds. The van der Waals surface area contributed by atoms with Gasteiger partial charge in [-0.15, -0.1) is 11.8 Å². The lowest BCUT2D eigenvalue weighted by Crippen LogP contribution is -2.58. The van der Waals surface area contributed by atoms with Crippen LogP contribution in [-0.2, 0) is 4.79 Å². The summed E-state index contributed by atoms with van der Waals surface area (Å²) >= 11 is 1.13. The molecule has 0 spiro atoms. The lowest BCUT2D eigenvalue weighted by atomic mass is 10.2. The number of pyridine rings is 1. The van der Waals surface area contributed by atoms with Gasteiger partial charge >= 0.3 is 18.3 Å². The summed E-state index contributed by atoms with van der Waals surface area (Å²) in [6.45, 7) is 3.17. The topological polar surface area (TPSA) is 102 Å². The second-order valence-electron chi connectivity index (χ2n) is 7.14. The number of carbonyl (C=O) groups is 1. The summed E-state index contributed by atoms with van der Waals surface area (Å²) in [5.74, 6) is -1.95. The monoisotopic (exact) mass is 500 g/mol. The Morgan fingerprint density at radius 2 is 1.85 bits per heavy atom. The number of nitrogens with zero attached hydrogens (tertiary/aromatic N) is 3. The molecule has 0 radical (unpaired) electrons. The molecular formula is C18H22F6N6O2S. The highest BCUT2D eigenvalue weighted by Crippen LogP contribution is 2.25. The summed E-state index contributed by atoms with van der Waals surface area (Å²) in [6, 6.07) is 0.465. The minimum absolute atomic E-state index is 0.0994. The number of hydrogen-bond acceptors (Lipinski definition) is 7. The van der Waals surface area contributed by atoms with E-state index in [9.17, 15) is 31.1 Å². The van der Waals surface area contributed by atoms with E-state index in [2.05, 4.69) is 26.1 Å². The highest BCUT2D eigenvalue weighted by atomic mass is 32.2. The zero-order valence-electron chi connectivity index (χ0n) is 17.6. The van der Waals surface area contributed by atoms with Crippen LogP contribution in [0.3, 0.4) is 0 Å². The van der Waals surface area contributed by atoms with Gasteiger partial charge in [-0.2, -0.15) is 31.5 Å². The van der Waals surface area contributed by atoms with E-state index in [0.29, 0.717) is 5.03 Å². The number of nitrogens with one attached hydrogen (secondary N) is 3. The van der Waals surface area contributed by atoms with Crippen LogP contribution in [0.25, 0.3) is 0 Å². The van der Waals surface area contributed by atoms with E-state index >= 15 is 0 Å². The third-order valence-electron chi connectivity index (χ3n) is 4.25. The summed E-state index contributed by atoms with van der Waals surface area (Å²) in [6.07, 6.45) is -8.28. The number of halogens is 6. The number of carboxylic acid groups (broad SMARTS) is 1. The normalized spacial score (nSPS) is 18.6. The van der Waals surface area contributed by atoms with E-state index < -0.39 is 36.3 Å². The van der Waals surface area contributed by atoms with Crippen LogP contribution in [0, 0.1) is 5.92 Å². The Hall–Kier alpha value is -2.84.